The number of hydrogen-bond acceptors (Lipinski definition) is 3. The van der Waals surface area contributed by atoms with Crippen molar-refractivity contribution in [2.75, 3.05) is 33.4 Å². The maximum Gasteiger partial charge on any atom is 0.191 e. The highest BCUT2D eigenvalue weighted by molar-refractivity contribution is 14.0. The fourth-order valence-electron chi connectivity index (χ4n) is 2.85. The van der Waals surface area contributed by atoms with Gasteiger partial charge in [0.05, 0.1) is 13.2 Å². The number of unbranched alkanes of at least 4 members (excludes halogenated alkanes) is 2. The summed E-state index contributed by atoms with van der Waals surface area (Å²) in [5.74, 6) is 2.31. The molecule has 0 bridgehead atoms. The third kappa shape index (κ3) is 8.12. The van der Waals surface area contributed by atoms with Crippen LogP contribution in [0, 0.1) is 12.8 Å². The lowest BCUT2D eigenvalue weighted by molar-refractivity contribution is 0.166. The van der Waals surface area contributed by atoms with E-state index in [0.29, 0.717) is 12.5 Å². The summed E-state index contributed by atoms with van der Waals surface area (Å²) >= 11 is 0. The standard InChI is InChI=1S/C20H33N3O2.HI/c1-4-5-6-10-22-20(21-3)23-13-18-8-7-16(2)12-19(18)25-15-17-9-11-24-14-17;/h7-8,12,17H,4-6,9-11,13-15H2,1-3H3,(H2,21,22,23);1H. The van der Waals surface area contributed by atoms with Gasteiger partial charge in [0, 0.05) is 38.2 Å². The van der Waals surface area contributed by atoms with E-state index in [9.17, 15) is 0 Å². The third-order valence-corrected chi connectivity index (χ3v) is 4.46. The normalized spacial score (nSPS) is 16.9. The fourth-order valence-corrected chi connectivity index (χ4v) is 2.85. The van der Waals surface area contributed by atoms with Crippen molar-refractivity contribution >= 4 is 29.9 Å². The molecule has 1 aliphatic rings. The van der Waals surface area contributed by atoms with E-state index in [0.717, 1.165) is 50.1 Å². The van der Waals surface area contributed by atoms with Crippen LogP contribution in [0.15, 0.2) is 23.2 Å². The zero-order valence-corrected chi connectivity index (χ0v) is 18.7. The number of guanidine groups is 1. The van der Waals surface area contributed by atoms with Gasteiger partial charge >= 0.3 is 0 Å². The summed E-state index contributed by atoms with van der Waals surface area (Å²) in [6.07, 6.45) is 4.72. The molecule has 1 fully saturated rings. The van der Waals surface area contributed by atoms with Crippen LogP contribution in [0.1, 0.15) is 43.7 Å². The van der Waals surface area contributed by atoms with Gasteiger partial charge in [-0.2, -0.15) is 0 Å². The zero-order chi connectivity index (χ0) is 17.9. The molecule has 2 N–H and O–H groups in total. The maximum atomic E-state index is 6.10. The molecule has 0 aliphatic carbocycles. The van der Waals surface area contributed by atoms with Crippen LogP contribution < -0.4 is 15.4 Å². The smallest absolute Gasteiger partial charge is 0.191 e. The summed E-state index contributed by atoms with van der Waals surface area (Å²) in [6.45, 7) is 8.35. The minimum Gasteiger partial charge on any atom is -0.493 e. The van der Waals surface area contributed by atoms with Crippen molar-refractivity contribution in [3.63, 3.8) is 0 Å². The van der Waals surface area contributed by atoms with Crippen molar-refractivity contribution in [1.29, 1.82) is 0 Å². The van der Waals surface area contributed by atoms with Crippen LogP contribution in [0.5, 0.6) is 5.75 Å². The van der Waals surface area contributed by atoms with E-state index in [4.69, 9.17) is 9.47 Å². The molecule has 1 heterocycles. The van der Waals surface area contributed by atoms with Gasteiger partial charge in [0.1, 0.15) is 5.75 Å². The molecule has 1 saturated heterocycles. The molecule has 2 rings (SSSR count). The first-order valence-electron chi connectivity index (χ1n) is 9.47. The Bertz CT molecular complexity index is 546. The van der Waals surface area contributed by atoms with Crippen molar-refractivity contribution in [3.05, 3.63) is 29.3 Å². The Morgan fingerprint density at radius 1 is 1.31 bits per heavy atom. The first-order chi connectivity index (χ1) is 12.2. The van der Waals surface area contributed by atoms with Crippen LogP contribution in [0.4, 0.5) is 0 Å². The second-order valence-electron chi connectivity index (χ2n) is 6.71. The van der Waals surface area contributed by atoms with E-state index < -0.39 is 0 Å². The fraction of sp³-hybridized carbons (Fsp3) is 0.650. The molecular weight excluding hydrogens is 441 g/mol. The molecule has 5 nitrogen and oxygen atoms in total. The monoisotopic (exact) mass is 475 g/mol. The summed E-state index contributed by atoms with van der Waals surface area (Å²) in [6, 6.07) is 6.37. The average Bonchev–Trinajstić information content (AvgIpc) is 3.14. The largest absolute Gasteiger partial charge is 0.493 e. The van der Waals surface area contributed by atoms with Crippen LogP contribution in [0.2, 0.25) is 0 Å². The van der Waals surface area contributed by atoms with Crippen molar-refractivity contribution in [2.45, 2.75) is 46.1 Å². The van der Waals surface area contributed by atoms with E-state index in [-0.39, 0.29) is 24.0 Å². The number of hydrogen-bond donors (Lipinski definition) is 2. The van der Waals surface area contributed by atoms with Gasteiger partial charge in [0.25, 0.3) is 0 Å². The van der Waals surface area contributed by atoms with E-state index in [2.05, 4.69) is 47.7 Å². The number of benzene rings is 1. The molecule has 1 atom stereocenters. The van der Waals surface area contributed by atoms with Crippen molar-refractivity contribution in [3.8, 4) is 5.75 Å². The van der Waals surface area contributed by atoms with Gasteiger partial charge in [0.2, 0.25) is 0 Å². The summed E-state index contributed by atoms with van der Waals surface area (Å²) in [4.78, 5) is 4.29. The second-order valence-corrected chi connectivity index (χ2v) is 6.71. The molecule has 0 spiro atoms. The zero-order valence-electron chi connectivity index (χ0n) is 16.3. The lowest BCUT2D eigenvalue weighted by Gasteiger charge is -2.17. The average molecular weight is 475 g/mol. The van der Waals surface area contributed by atoms with Crippen molar-refractivity contribution in [1.82, 2.24) is 10.6 Å². The Kier molecular flexibility index (Phi) is 11.7. The molecule has 1 aliphatic heterocycles. The minimum absolute atomic E-state index is 0. The summed E-state index contributed by atoms with van der Waals surface area (Å²) in [5.41, 5.74) is 2.37. The summed E-state index contributed by atoms with van der Waals surface area (Å²) in [5, 5.41) is 6.75. The highest BCUT2D eigenvalue weighted by Gasteiger charge is 2.17. The van der Waals surface area contributed by atoms with Gasteiger partial charge in [0.15, 0.2) is 5.96 Å². The molecule has 1 aromatic carbocycles. The van der Waals surface area contributed by atoms with Crippen LogP contribution in [0.25, 0.3) is 0 Å². The van der Waals surface area contributed by atoms with Gasteiger partial charge in [-0.15, -0.1) is 24.0 Å². The minimum atomic E-state index is 0. The van der Waals surface area contributed by atoms with Crippen molar-refractivity contribution < 1.29 is 9.47 Å². The first kappa shape index (κ1) is 23.0. The Hall–Kier alpha value is -1.02. The number of aryl methyl sites for hydroxylation is 1. The molecule has 0 saturated carbocycles. The Balaban J connectivity index is 0.00000338. The van der Waals surface area contributed by atoms with E-state index in [1.807, 2.05) is 7.05 Å². The van der Waals surface area contributed by atoms with E-state index >= 15 is 0 Å². The number of aliphatic imine (C=N–C) groups is 1. The molecule has 0 aromatic heterocycles. The molecular formula is C20H34IN3O2. The van der Waals surface area contributed by atoms with Gasteiger partial charge in [-0.1, -0.05) is 31.9 Å². The van der Waals surface area contributed by atoms with E-state index in [1.54, 1.807) is 0 Å². The molecule has 148 valence electrons. The molecule has 1 unspecified atom stereocenters. The van der Waals surface area contributed by atoms with Gasteiger partial charge in [-0.25, -0.2) is 0 Å². The van der Waals surface area contributed by atoms with Crippen LogP contribution in [0.3, 0.4) is 0 Å². The second kappa shape index (κ2) is 13.2. The number of rotatable bonds is 9. The Morgan fingerprint density at radius 3 is 2.85 bits per heavy atom. The van der Waals surface area contributed by atoms with Gasteiger partial charge in [-0.05, 0) is 31.4 Å². The molecule has 26 heavy (non-hydrogen) atoms. The van der Waals surface area contributed by atoms with Crippen LogP contribution in [-0.4, -0.2) is 39.4 Å². The lowest BCUT2D eigenvalue weighted by atomic mass is 10.1. The summed E-state index contributed by atoms with van der Waals surface area (Å²) in [7, 11) is 1.81. The van der Waals surface area contributed by atoms with Crippen LogP contribution in [-0.2, 0) is 11.3 Å². The first-order valence-corrected chi connectivity index (χ1v) is 9.47. The lowest BCUT2D eigenvalue weighted by Crippen LogP contribution is -2.37. The Morgan fingerprint density at radius 2 is 2.15 bits per heavy atom. The number of halogens is 1. The molecule has 1 aromatic rings. The van der Waals surface area contributed by atoms with Crippen molar-refractivity contribution in [2.24, 2.45) is 10.9 Å². The number of nitrogens with zero attached hydrogens (tertiary/aromatic N) is 1. The predicted octanol–water partition coefficient (Wildman–Crippen LogP) is 3.88. The molecule has 0 amide bonds. The number of ether oxygens (including phenoxy) is 2. The highest BCUT2D eigenvalue weighted by atomic mass is 127. The Labute approximate surface area is 175 Å². The maximum absolute atomic E-state index is 6.10. The van der Waals surface area contributed by atoms with Gasteiger partial charge in [-0.3, -0.25) is 4.99 Å². The topological polar surface area (TPSA) is 54.9 Å². The van der Waals surface area contributed by atoms with Gasteiger partial charge < -0.3 is 20.1 Å². The SMILES string of the molecule is CCCCCNC(=NC)NCc1ccc(C)cc1OCC1CCOC1.I. The van der Waals surface area contributed by atoms with Crippen LogP contribution >= 0.6 is 24.0 Å². The predicted molar refractivity (Wildman–Crippen MR) is 119 cm³/mol. The summed E-state index contributed by atoms with van der Waals surface area (Å²) < 4.78 is 11.5. The molecule has 6 heteroatoms. The number of nitrogens with one attached hydrogen (secondary N) is 2. The quantitative estimate of drug-likeness (QED) is 0.246. The third-order valence-electron chi connectivity index (χ3n) is 4.46. The van der Waals surface area contributed by atoms with E-state index in [1.165, 1.54) is 24.8 Å². The molecule has 0 radical (unpaired) electrons. The highest BCUT2D eigenvalue weighted by Crippen LogP contribution is 2.22.